The maximum absolute atomic E-state index is 13.4. The van der Waals surface area contributed by atoms with Gasteiger partial charge in [0, 0.05) is 5.02 Å². The number of hydrogen-bond donors (Lipinski definition) is 0. The summed E-state index contributed by atoms with van der Waals surface area (Å²) in [6.45, 7) is 1.68. The number of benzene rings is 1. The lowest BCUT2D eigenvalue weighted by Gasteiger charge is -2.15. The van der Waals surface area contributed by atoms with Gasteiger partial charge in [0.1, 0.15) is 17.7 Å². The number of halogens is 2. The van der Waals surface area contributed by atoms with E-state index in [1.54, 1.807) is 19.1 Å². The Balaban J connectivity index is 2.40. The molecule has 1 aromatic carbocycles. The standard InChI is InChI=1S/C13H12ClFO/c1-9-12(15)5-3-2-4-10-6-7-11(14)8-13(10)16-9/h2-3,5-9H,4H2,1H3/b3-2-,12-5?/t9-/m0/s1. The lowest BCUT2D eigenvalue weighted by molar-refractivity contribution is 0.225. The van der Waals surface area contributed by atoms with Gasteiger partial charge in [-0.1, -0.05) is 29.8 Å². The van der Waals surface area contributed by atoms with Crippen LogP contribution in [0.25, 0.3) is 0 Å². The molecule has 0 saturated carbocycles. The highest BCUT2D eigenvalue weighted by molar-refractivity contribution is 6.30. The number of allylic oxidation sites excluding steroid dienone is 3. The van der Waals surface area contributed by atoms with Crippen molar-refractivity contribution in [2.75, 3.05) is 0 Å². The zero-order valence-corrected chi connectivity index (χ0v) is 9.67. The maximum Gasteiger partial charge on any atom is 0.147 e. The van der Waals surface area contributed by atoms with E-state index >= 15 is 0 Å². The van der Waals surface area contributed by atoms with Gasteiger partial charge in [0.2, 0.25) is 0 Å². The summed E-state index contributed by atoms with van der Waals surface area (Å²) in [5.41, 5.74) is 1.01. The summed E-state index contributed by atoms with van der Waals surface area (Å²) in [6.07, 6.45) is 5.16. The second-order valence-electron chi connectivity index (χ2n) is 3.70. The first kappa shape index (κ1) is 11.2. The molecule has 0 aliphatic carbocycles. The van der Waals surface area contributed by atoms with Crippen molar-refractivity contribution in [2.24, 2.45) is 0 Å². The van der Waals surface area contributed by atoms with Gasteiger partial charge in [-0.2, -0.15) is 0 Å². The zero-order chi connectivity index (χ0) is 11.5. The Morgan fingerprint density at radius 1 is 1.44 bits per heavy atom. The third-order valence-electron chi connectivity index (χ3n) is 2.45. The first-order valence-corrected chi connectivity index (χ1v) is 5.52. The average molecular weight is 239 g/mol. The highest BCUT2D eigenvalue weighted by Gasteiger charge is 2.13. The second kappa shape index (κ2) is 4.71. The predicted octanol–water partition coefficient (Wildman–Crippen LogP) is 4.07. The van der Waals surface area contributed by atoms with Crippen LogP contribution in [0.2, 0.25) is 5.02 Å². The van der Waals surface area contributed by atoms with E-state index in [-0.39, 0.29) is 5.83 Å². The van der Waals surface area contributed by atoms with Crippen LogP contribution in [0.1, 0.15) is 12.5 Å². The molecule has 0 N–H and O–H groups in total. The SMILES string of the molecule is C[C@@H]1Oc2cc(Cl)ccc2C/C=C\C=C1F. The highest BCUT2D eigenvalue weighted by Crippen LogP contribution is 2.27. The summed E-state index contributed by atoms with van der Waals surface area (Å²) in [4.78, 5) is 0. The van der Waals surface area contributed by atoms with Crippen molar-refractivity contribution in [1.29, 1.82) is 0 Å². The number of hydrogen-bond acceptors (Lipinski definition) is 1. The minimum atomic E-state index is -0.583. The quantitative estimate of drug-likeness (QED) is 0.662. The van der Waals surface area contributed by atoms with Crippen LogP contribution in [0.3, 0.4) is 0 Å². The Morgan fingerprint density at radius 3 is 3.06 bits per heavy atom. The molecule has 2 rings (SSSR count). The van der Waals surface area contributed by atoms with Gasteiger partial charge >= 0.3 is 0 Å². The molecule has 0 fully saturated rings. The molecule has 0 aromatic heterocycles. The molecule has 1 atom stereocenters. The molecule has 1 aromatic rings. The van der Waals surface area contributed by atoms with Gasteiger partial charge in [-0.05, 0) is 37.1 Å². The van der Waals surface area contributed by atoms with Gasteiger partial charge in [-0.15, -0.1) is 0 Å². The van der Waals surface area contributed by atoms with E-state index in [4.69, 9.17) is 16.3 Å². The first-order chi connectivity index (χ1) is 7.66. The predicted molar refractivity (Wildman–Crippen MR) is 63.6 cm³/mol. The molecular weight excluding hydrogens is 227 g/mol. The van der Waals surface area contributed by atoms with E-state index in [0.717, 1.165) is 5.56 Å². The minimum Gasteiger partial charge on any atom is -0.483 e. The molecule has 0 spiro atoms. The number of fused-ring (bicyclic) bond motifs is 1. The van der Waals surface area contributed by atoms with Crippen LogP contribution in [0.5, 0.6) is 5.75 Å². The van der Waals surface area contributed by atoms with Crippen LogP contribution in [0.15, 0.2) is 42.3 Å². The lowest BCUT2D eigenvalue weighted by Crippen LogP contribution is -2.13. The van der Waals surface area contributed by atoms with Gasteiger partial charge < -0.3 is 4.74 Å². The maximum atomic E-state index is 13.4. The van der Waals surface area contributed by atoms with Crippen LogP contribution in [-0.4, -0.2) is 6.10 Å². The Bertz CT molecular complexity index is 451. The van der Waals surface area contributed by atoms with E-state index < -0.39 is 6.10 Å². The van der Waals surface area contributed by atoms with Crippen LogP contribution < -0.4 is 4.74 Å². The third-order valence-corrected chi connectivity index (χ3v) is 2.69. The van der Waals surface area contributed by atoms with E-state index in [1.807, 2.05) is 18.2 Å². The van der Waals surface area contributed by atoms with Crippen LogP contribution in [0.4, 0.5) is 4.39 Å². The highest BCUT2D eigenvalue weighted by atomic mass is 35.5. The molecule has 0 bridgehead atoms. The molecule has 84 valence electrons. The molecular formula is C13H12ClFO. The van der Waals surface area contributed by atoms with E-state index in [0.29, 0.717) is 17.2 Å². The Kier molecular flexibility index (Phi) is 3.30. The van der Waals surface area contributed by atoms with Gasteiger partial charge in [0.15, 0.2) is 0 Å². The van der Waals surface area contributed by atoms with E-state index in [1.165, 1.54) is 6.08 Å². The van der Waals surface area contributed by atoms with Gasteiger partial charge in [-0.3, -0.25) is 0 Å². The zero-order valence-electron chi connectivity index (χ0n) is 8.91. The van der Waals surface area contributed by atoms with Crippen molar-refractivity contribution in [3.8, 4) is 5.75 Å². The summed E-state index contributed by atoms with van der Waals surface area (Å²) in [6, 6.07) is 5.43. The smallest absolute Gasteiger partial charge is 0.147 e. The largest absolute Gasteiger partial charge is 0.483 e. The topological polar surface area (TPSA) is 9.23 Å². The van der Waals surface area contributed by atoms with E-state index in [9.17, 15) is 4.39 Å². The molecule has 1 aliphatic heterocycles. The van der Waals surface area contributed by atoms with Crippen LogP contribution in [0, 0.1) is 0 Å². The lowest BCUT2D eigenvalue weighted by atomic mass is 10.1. The molecule has 3 heteroatoms. The normalized spacial score (nSPS) is 21.9. The van der Waals surface area contributed by atoms with Crippen LogP contribution in [-0.2, 0) is 6.42 Å². The molecule has 0 radical (unpaired) electrons. The van der Waals surface area contributed by atoms with Gasteiger partial charge in [0.25, 0.3) is 0 Å². The van der Waals surface area contributed by atoms with Gasteiger partial charge in [0.05, 0.1) is 0 Å². The fraction of sp³-hybridized carbons (Fsp3) is 0.231. The molecule has 1 nitrogen and oxygen atoms in total. The summed E-state index contributed by atoms with van der Waals surface area (Å²) in [7, 11) is 0. The van der Waals surface area contributed by atoms with Crippen molar-refractivity contribution in [2.45, 2.75) is 19.4 Å². The number of ether oxygens (including phenoxy) is 1. The molecule has 0 unspecified atom stereocenters. The van der Waals surface area contributed by atoms with E-state index in [2.05, 4.69) is 0 Å². The number of rotatable bonds is 0. The fourth-order valence-corrected chi connectivity index (χ4v) is 1.71. The molecule has 16 heavy (non-hydrogen) atoms. The summed E-state index contributed by atoms with van der Waals surface area (Å²) in [5.74, 6) is 0.360. The molecule has 1 aliphatic rings. The first-order valence-electron chi connectivity index (χ1n) is 5.14. The van der Waals surface area contributed by atoms with Gasteiger partial charge in [-0.25, -0.2) is 4.39 Å². The van der Waals surface area contributed by atoms with Crippen molar-refractivity contribution in [3.05, 3.63) is 52.8 Å². The van der Waals surface area contributed by atoms with Crippen molar-refractivity contribution < 1.29 is 9.13 Å². The fourth-order valence-electron chi connectivity index (χ4n) is 1.54. The van der Waals surface area contributed by atoms with Crippen molar-refractivity contribution in [1.82, 2.24) is 0 Å². The molecule has 1 heterocycles. The van der Waals surface area contributed by atoms with Crippen molar-refractivity contribution >= 4 is 11.6 Å². The summed E-state index contributed by atoms with van der Waals surface area (Å²) < 4.78 is 19.0. The third kappa shape index (κ3) is 2.45. The van der Waals surface area contributed by atoms with Crippen LogP contribution >= 0.6 is 11.6 Å². The second-order valence-corrected chi connectivity index (χ2v) is 4.13. The molecule has 0 amide bonds. The Hall–Kier alpha value is -1.28. The Labute approximate surface area is 99.2 Å². The van der Waals surface area contributed by atoms with Crippen molar-refractivity contribution in [3.63, 3.8) is 0 Å². The summed E-state index contributed by atoms with van der Waals surface area (Å²) >= 11 is 5.89. The monoisotopic (exact) mass is 238 g/mol. The Morgan fingerprint density at radius 2 is 2.25 bits per heavy atom. The minimum absolute atomic E-state index is 0.288. The molecule has 0 saturated heterocycles. The summed E-state index contributed by atoms with van der Waals surface area (Å²) in [5, 5.41) is 0.596. The average Bonchev–Trinajstić information content (AvgIpc) is 2.31.